The molecule has 0 saturated carbocycles. The molecule has 0 saturated heterocycles. The zero-order valence-electron chi connectivity index (χ0n) is 15.6. The Morgan fingerprint density at radius 3 is 1.80 bits per heavy atom. The van der Waals surface area contributed by atoms with Crippen molar-refractivity contribution in [3.8, 4) is 0 Å². The summed E-state index contributed by atoms with van der Waals surface area (Å²) in [5.41, 5.74) is 0. The van der Waals surface area contributed by atoms with E-state index in [1.807, 2.05) is 6.92 Å². The van der Waals surface area contributed by atoms with Gasteiger partial charge in [0.2, 0.25) is 4.75 Å². The fourth-order valence-corrected chi connectivity index (χ4v) is 2.73. The fraction of sp³-hybridized carbons (Fsp3) is 0.882. The van der Waals surface area contributed by atoms with Crippen LogP contribution in [0.5, 0.6) is 0 Å². The van der Waals surface area contributed by atoms with E-state index in [4.69, 9.17) is 9.47 Å². The summed E-state index contributed by atoms with van der Waals surface area (Å²) in [6.07, 6.45) is 6.31. The molecule has 0 bridgehead atoms. The van der Waals surface area contributed by atoms with Crippen molar-refractivity contribution in [1.82, 2.24) is 0 Å². The van der Waals surface area contributed by atoms with Gasteiger partial charge in [0.05, 0.1) is 19.6 Å². The predicted octanol–water partition coefficient (Wildman–Crippen LogP) is 3.27. The fourth-order valence-electron chi connectivity index (χ4n) is 2.16. The van der Waals surface area contributed by atoms with Gasteiger partial charge < -0.3 is 9.47 Å². The predicted molar refractivity (Wildman–Crippen MR) is 94.8 cm³/mol. The Morgan fingerprint density at radius 1 is 0.880 bits per heavy atom. The molecule has 8 heteroatoms. The molecule has 0 aliphatic rings. The maximum absolute atomic E-state index is 12.1. The highest BCUT2D eigenvalue weighted by molar-refractivity contribution is 7.88. The summed E-state index contributed by atoms with van der Waals surface area (Å²) in [6, 6.07) is 0. The van der Waals surface area contributed by atoms with Crippen molar-refractivity contribution in [2.24, 2.45) is 0 Å². The van der Waals surface area contributed by atoms with E-state index in [0.717, 1.165) is 45.4 Å². The van der Waals surface area contributed by atoms with Gasteiger partial charge >= 0.3 is 11.9 Å². The zero-order chi connectivity index (χ0) is 19.3. The van der Waals surface area contributed by atoms with Crippen molar-refractivity contribution in [2.45, 2.75) is 83.3 Å². The average molecular weight is 381 g/mol. The Labute approximate surface area is 151 Å². The Morgan fingerprint density at radius 2 is 1.36 bits per heavy atom. The first kappa shape index (κ1) is 23.9. The lowest BCUT2D eigenvalue weighted by atomic mass is 10.1. The molecule has 1 unspecified atom stereocenters. The van der Waals surface area contributed by atoms with Crippen LogP contribution in [0.1, 0.15) is 78.6 Å². The van der Waals surface area contributed by atoms with Gasteiger partial charge in [-0.05, 0) is 19.8 Å². The lowest BCUT2D eigenvalue weighted by Crippen LogP contribution is -2.46. The highest BCUT2D eigenvalue weighted by Crippen LogP contribution is 2.24. The second-order valence-electron chi connectivity index (χ2n) is 6.36. The molecule has 0 radical (unpaired) electrons. The summed E-state index contributed by atoms with van der Waals surface area (Å²) in [7, 11) is -4.82. The smallest absolute Gasteiger partial charge is 0.330 e. The summed E-state index contributed by atoms with van der Waals surface area (Å²) in [5, 5.41) is 0. The van der Waals surface area contributed by atoms with Gasteiger partial charge in [-0.3, -0.25) is 14.1 Å². The molecule has 0 aromatic rings. The van der Waals surface area contributed by atoms with Crippen molar-refractivity contribution in [3.63, 3.8) is 0 Å². The van der Waals surface area contributed by atoms with E-state index in [0.29, 0.717) is 12.8 Å². The van der Waals surface area contributed by atoms with Crippen LogP contribution < -0.4 is 0 Å². The van der Waals surface area contributed by atoms with E-state index < -0.39 is 33.2 Å². The molecule has 148 valence electrons. The van der Waals surface area contributed by atoms with Crippen LogP contribution in [-0.4, -0.2) is 42.9 Å². The van der Waals surface area contributed by atoms with Crippen LogP contribution in [0.4, 0.5) is 0 Å². The van der Waals surface area contributed by atoms with Crippen molar-refractivity contribution in [1.29, 1.82) is 0 Å². The van der Waals surface area contributed by atoms with E-state index in [2.05, 4.69) is 6.92 Å². The molecule has 1 N–H and O–H groups in total. The number of carbonyl (C=O) groups is 2. The largest absolute Gasteiger partial charge is 0.466 e. The Hall–Kier alpha value is -1.15. The monoisotopic (exact) mass is 380 g/mol. The van der Waals surface area contributed by atoms with Crippen LogP contribution >= 0.6 is 0 Å². The quantitative estimate of drug-likeness (QED) is 0.280. The Kier molecular flexibility index (Phi) is 11.7. The summed E-state index contributed by atoms with van der Waals surface area (Å²) in [4.78, 5) is 24.0. The van der Waals surface area contributed by atoms with Gasteiger partial charge in [0.1, 0.15) is 0 Å². The van der Waals surface area contributed by atoms with Crippen LogP contribution in [0.3, 0.4) is 0 Å². The first-order chi connectivity index (χ1) is 11.7. The molecule has 0 rings (SSSR count). The SMILES string of the molecule is CCCCCCOC(=O)CC(C)(C(=O)OCCCCCC)S(=O)(=O)O. The van der Waals surface area contributed by atoms with Crippen molar-refractivity contribution in [3.05, 3.63) is 0 Å². The molecule has 0 spiro atoms. The van der Waals surface area contributed by atoms with Crippen LogP contribution in [0.25, 0.3) is 0 Å². The van der Waals surface area contributed by atoms with Gasteiger partial charge in [0, 0.05) is 0 Å². The van der Waals surface area contributed by atoms with Crippen LogP contribution in [0.15, 0.2) is 0 Å². The zero-order valence-corrected chi connectivity index (χ0v) is 16.4. The third kappa shape index (κ3) is 9.21. The first-order valence-corrected chi connectivity index (χ1v) is 10.4. The minimum absolute atomic E-state index is 0.0516. The second-order valence-corrected chi connectivity index (χ2v) is 8.21. The number of unbranched alkanes of at least 4 members (excludes halogenated alkanes) is 6. The maximum Gasteiger partial charge on any atom is 0.330 e. The van der Waals surface area contributed by atoms with E-state index in [9.17, 15) is 22.6 Å². The molecule has 0 aliphatic carbocycles. The molecule has 0 amide bonds. The molecule has 7 nitrogen and oxygen atoms in total. The topological polar surface area (TPSA) is 107 Å². The second kappa shape index (κ2) is 12.2. The third-order valence-corrected chi connectivity index (χ3v) is 5.42. The lowest BCUT2D eigenvalue weighted by Gasteiger charge is -2.23. The van der Waals surface area contributed by atoms with Crippen LogP contribution in [0.2, 0.25) is 0 Å². The van der Waals surface area contributed by atoms with Crippen molar-refractivity contribution in [2.75, 3.05) is 13.2 Å². The molecular formula is C17H32O7S. The van der Waals surface area contributed by atoms with Crippen LogP contribution in [0, 0.1) is 0 Å². The number of ether oxygens (including phenoxy) is 2. The van der Waals surface area contributed by atoms with Crippen molar-refractivity contribution < 1.29 is 32.0 Å². The van der Waals surface area contributed by atoms with Gasteiger partial charge in [-0.15, -0.1) is 0 Å². The summed E-state index contributed by atoms with van der Waals surface area (Å²) >= 11 is 0. The number of esters is 2. The summed E-state index contributed by atoms with van der Waals surface area (Å²) in [6.45, 7) is 5.28. The number of carbonyl (C=O) groups excluding carboxylic acids is 2. The van der Waals surface area contributed by atoms with Crippen LogP contribution in [-0.2, 0) is 29.2 Å². The highest BCUT2D eigenvalue weighted by Gasteiger charge is 2.49. The third-order valence-electron chi connectivity index (χ3n) is 3.97. The van der Waals surface area contributed by atoms with Gasteiger partial charge in [-0.2, -0.15) is 8.42 Å². The maximum atomic E-state index is 12.1. The first-order valence-electron chi connectivity index (χ1n) is 8.99. The Balaban J connectivity index is 4.60. The standard InChI is InChI=1S/C17H32O7S/c1-4-6-8-10-12-23-15(18)14-17(3,25(20,21)22)16(19)24-13-11-9-7-5-2/h4-14H2,1-3H3,(H,20,21,22). The number of hydrogen-bond donors (Lipinski definition) is 1. The molecular weight excluding hydrogens is 348 g/mol. The normalized spacial score (nSPS) is 13.9. The van der Waals surface area contributed by atoms with Crippen molar-refractivity contribution >= 4 is 22.1 Å². The minimum Gasteiger partial charge on any atom is -0.466 e. The lowest BCUT2D eigenvalue weighted by molar-refractivity contribution is -0.153. The average Bonchev–Trinajstić information content (AvgIpc) is 2.53. The van der Waals surface area contributed by atoms with Gasteiger partial charge in [0.15, 0.2) is 0 Å². The number of hydrogen-bond acceptors (Lipinski definition) is 6. The number of rotatable bonds is 14. The summed E-state index contributed by atoms with van der Waals surface area (Å²) in [5.74, 6) is -1.98. The van der Waals surface area contributed by atoms with Gasteiger partial charge in [-0.1, -0.05) is 52.4 Å². The molecule has 0 aromatic heterocycles. The molecule has 0 fully saturated rings. The van der Waals surface area contributed by atoms with Gasteiger partial charge in [0.25, 0.3) is 10.1 Å². The molecule has 1 atom stereocenters. The van der Waals surface area contributed by atoms with E-state index in [-0.39, 0.29) is 13.2 Å². The van der Waals surface area contributed by atoms with E-state index >= 15 is 0 Å². The Bertz CT molecular complexity index is 501. The van der Waals surface area contributed by atoms with E-state index in [1.165, 1.54) is 0 Å². The minimum atomic E-state index is -4.82. The molecule has 25 heavy (non-hydrogen) atoms. The van der Waals surface area contributed by atoms with Gasteiger partial charge in [-0.25, -0.2) is 0 Å². The van der Waals surface area contributed by atoms with E-state index in [1.54, 1.807) is 0 Å². The molecule has 0 heterocycles. The molecule has 0 aliphatic heterocycles. The summed E-state index contributed by atoms with van der Waals surface area (Å²) < 4.78 is 40.2. The highest BCUT2D eigenvalue weighted by atomic mass is 32.2. The molecule has 0 aromatic carbocycles.